The van der Waals surface area contributed by atoms with E-state index >= 15 is 0 Å². The summed E-state index contributed by atoms with van der Waals surface area (Å²) in [7, 11) is 1.35. The van der Waals surface area contributed by atoms with E-state index in [0.29, 0.717) is 12.0 Å². The molecule has 0 aromatic heterocycles. The maximum atomic E-state index is 11.8. The molecule has 4 nitrogen and oxygen atoms in total. The van der Waals surface area contributed by atoms with Gasteiger partial charge in [-0.3, -0.25) is 9.59 Å². The number of rotatable bonds is 1. The average molecular weight is 221 g/mol. The van der Waals surface area contributed by atoms with Gasteiger partial charge in [-0.2, -0.15) is 0 Å². The number of methoxy groups -OCH3 is 1. The number of hydrogen-bond donors (Lipinski definition) is 1. The molecule has 0 fully saturated rings. The minimum atomic E-state index is -0.519. The molecular weight excluding hydrogens is 206 g/mol. The number of esters is 1. The highest BCUT2D eigenvalue weighted by atomic mass is 16.5. The molecule has 0 amide bonds. The first-order valence-corrected chi connectivity index (χ1v) is 5.43. The van der Waals surface area contributed by atoms with Gasteiger partial charge in [0.1, 0.15) is 5.92 Å². The molecule has 86 valence electrons. The van der Waals surface area contributed by atoms with Gasteiger partial charge >= 0.3 is 5.97 Å². The van der Waals surface area contributed by atoms with Crippen molar-refractivity contribution in [1.82, 2.24) is 5.32 Å². The van der Waals surface area contributed by atoms with E-state index in [4.69, 9.17) is 4.74 Å². The SMILES string of the molecule is COC(=O)C1C=C(C)NC2=C1C(=O)CCC2. The third-order valence-electron chi connectivity index (χ3n) is 2.99. The Bertz CT molecular complexity index is 406. The Morgan fingerprint density at radius 1 is 1.50 bits per heavy atom. The van der Waals surface area contributed by atoms with Crippen molar-refractivity contribution in [3.05, 3.63) is 23.0 Å². The summed E-state index contributed by atoms with van der Waals surface area (Å²) >= 11 is 0. The molecule has 0 aromatic carbocycles. The van der Waals surface area contributed by atoms with Gasteiger partial charge < -0.3 is 10.1 Å². The van der Waals surface area contributed by atoms with Gasteiger partial charge in [0.25, 0.3) is 0 Å². The third-order valence-corrected chi connectivity index (χ3v) is 2.99. The quantitative estimate of drug-likeness (QED) is 0.678. The number of carbonyl (C=O) groups excluding carboxylic acids is 2. The number of nitrogens with one attached hydrogen (secondary N) is 1. The van der Waals surface area contributed by atoms with Crippen molar-refractivity contribution in [1.29, 1.82) is 0 Å². The molecule has 4 heteroatoms. The Morgan fingerprint density at radius 3 is 2.94 bits per heavy atom. The second kappa shape index (κ2) is 4.12. The number of ether oxygens (including phenoxy) is 1. The standard InChI is InChI=1S/C12H15NO3/c1-7-6-8(12(15)16-2)11-9(13-7)4-3-5-10(11)14/h6,8,13H,3-5H2,1-2H3. The van der Waals surface area contributed by atoms with Crippen molar-refractivity contribution in [2.45, 2.75) is 26.2 Å². The smallest absolute Gasteiger partial charge is 0.317 e. The first-order valence-electron chi connectivity index (χ1n) is 5.43. The largest absolute Gasteiger partial charge is 0.468 e. The maximum absolute atomic E-state index is 11.8. The van der Waals surface area contributed by atoms with Crippen LogP contribution in [0.15, 0.2) is 23.0 Å². The first-order chi connectivity index (χ1) is 7.63. The lowest BCUT2D eigenvalue weighted by atomic mass is 9.83. The fourth-order valence-corrected chi connectivity index (χ4v) is 2.28. The summed E-state index contributed by atoms with van der Waals surface area (Å²) in [6.45, 7) is 1.89. The van der Waals surface area contributed by atoms with E-state index in [-0.39, 0.29) is 11.8 Å². The lowest BCUT2D eigenvalue weighted by Crippen LogP contribution is -2.33. The fourth-order valence-electron chi connectivity index (χ4n) is 2.28. The molecule has 2 aliphatic rings. The van der Waals surface area contributed by atoms with Crippen LogP contribution in [0.2, 0.25) is 0 Å². The van der Waals surface area contributed by atoms with Crippen molar-refractivity contribution in [3.8, 4) is 0 Å². The van der Waals surface area contributed by atoms with E-state index in [1.165, 1.54) is 7.11 Å². The van der Waals surface area contributed by atoms with E-state index in [1.54, 1.807) is 6.08 Å². The third kappa shape index (κ3) is 1.75. The summed E-state index contributed by atoms with van der Waals surface area (Å²) in [4.78, 5) is 23.5. The predicted octanol–water partition coefficient (Wildman–Crippen LogP) is 1.29. The predicted molar refractivity (Wildman–Crippen MR) is 58.3 cm³/mol. The van der Waals surface area contributed by atoms with Crippen molar-refractivity contribution < 1.29 is 14.3 Å². The van der Waals surface area contributed by atoms with Gasteiger partial charge in [0.15, 0.2) is 5.78 Å². The van der Waals surface area contributed by atoms with Gasteiger partial charge in [-0.1, -0.05) is 0 Å². The molecule has 0 saturated heterocycles. The number of ketones is 1. The van der Waals surface area contributed by atoms with Crippen molar-refractivity contribution in [3.63, 3.8) is 0 Å². The minimum absolute atomic E-state index is 0.0629. The molecule has 16 heavy (non-hydrogen) atoms. The summed E-state index contributed by atoms with van der Waals surface area (Å²) in [6, 6.07) is 0. The van der Waals surface area contributed by atoms with E-state index < -0.39 is 5.92 Å². The van der Waals surface area contributed by atoms with Crippen molar-refractivity contribution in [2.24, 2.45) is 5.92 Å². The molecule has 1 aliphatic carbocycles. The molecular formula is C12H15NO3. The molecule has 1 aliphatic heterocycles. The van der Waals surface area contributed by atoms with Gasteiger partial charge in [-0.15, -0.1) is 0 Å². The van der Waals surface area contributed by atoms with Crippen LogP contribution in [0.5, 0.6) is 0 Å². The van der Waals surface area contributed by atoms with Crippen LogP contribution >= 0.6 is 0 Å². The molecule has 0 saturated carbocycles. The van der Waals surface area contributed by atoms with Crippen molar-refractivity contribution in [2.75, 3.05) is 7.11 Å². The lowest BCUT2D eigenvalue weighted by Gasteiger charge is -2.28. The Kier molecular flexibility index (Phi) is 2.81. The van der Waals surface area contributed by atoms with Gasteiger partial charge in [-0.05, 0) is 25.8 Å². The highest BCUT2D eigenvalue weighted by Gasteiger charge is 2.34. The van der Waals surface area contributed by atoms with Crippen LogP contribution in [-0.2, 0) is 14.3 Å². The monoisotopic (exact) mass is 221 g/mol. The molecule has 1 unspecified atom stereocenters. The number of Topliss-reactive ketones (excluding diaryl/α,β-unsaturated/α-hetero) is 1. The number of hydrogen-bond acceptors (Lipinski definition) is 4. The fraction of sp³-hybridized carbons (Fsp3) is 0.500. The van der Waals surface area contributed by atoms with E-state index in [1.807, 2.05) is 6.92 Å². The lowest BCUT2D eigenvalue weighted by molar-refractivity contribution is -0.143. The molecule has 0 bridgehead atoms. The Balaban J connectivity index is 2.40. The average Bonchev–Trinajstić information content (AvgIpc) is 2.27. The zero-order chi connectivity index (χ0) is 11.7. The molecule has 0 aromatic rings. The summed E-state index contributed by atoms with van der Waals surface area (Å²) < 4.78 is 4.74. The highest BCUT2D eigenvalue weighted by Crippen LogP contribution is 2.31. The van der Waals surface area contributed by atoms with Gasteiger partial charge in [-0.25, -0.2) is 0 Å². The van der Waals surface area contributed by atoms with E-state index in [0.717, 1.165) is 24.2 Å². The van der Waals surface area contributed by atoms with Crippen LogP contribution in [0.1, 0.15) is 26.2 Å². The molecule has 1 N–H and O–H groups in total. The topological polar surface area (TPSA) is 55.4 Å². The molecule has 1 atom stereocenters. The Hall–Kier alpha value is -1.58. The van der Waals surface area contributed by atoms with E-state index in [2.05, 4.69) is 5.32 Å². The maximum Gasteiger partial charge on any atom is 0.317 e. The molecule has 0 spiro atoms. The van der Waals surface area contributed by atoms with Crippen LogP contribution in [0.3, 0.4) is 0 Å². The normalized spacial score (nSPS) is 24.5. The summed E-state index contributed by atoms with van der Waals surface area (Å²) in [5, 5.41) is 3.17. The van der Waals surface area contributed by atoms with Gasteiger partial charge in [0.2, 0.25) is 0 Å². The molecule has 1 heterocycles. The van der Waals surface area contributed by atoms with Crippen LogP contribution < -0.4 is 5.32 Å². The number of dihydropyridines is 1. The van der Waals surface area contributed by atoms with Crippen LogP contribution in [-0.4, -0.2) is 18.9 Å². The van der Waals surface area contributed by atoms with Crippen LogP contribution in [0.25, 0.3) is 0 Å². The molecule has 2 rings (SSSR count). The minimum Gasteiger partial charge on any atom is -0.468 e. The second-order valence-corrected chi connectivity index (χ2v) is 4.14. The van der Waals surface area contributed by atoms with E-state index in [9.17, 15) is 9.59 Å². The first kappa shape index (κ1) is 10.9. The van der Waals surface area contributed by atoms with Crippen LogP contribution in [0, 0.1) is 5.92 Å². The van der Waals surface area contributed by atoms with Gasteiger partial charge in [0.05, 0.1) is 7.11 Å². The summed E-state index contributed by atoms with van der Waals surface area (Å²) in [5.41, 5.74) is 2.40. The molecule has 0 radical (unpaired) electrons. The van der Waals surface area contributed by atoms with Crippen molar-refractivity contribution >= 4 is 11.8 Å². The number of carbonyl (C=O) groups is 2. The second-order valence-electron chi connectivity index (χ2n) is 4.14. The Morgan fingerprint density at radius 2 is 2.25 bits per heavy atom. The van der Waals surface area contributed by atoms with Gasteiger partial charge in [0, 0.05) is 23.4 Å². The zero-order valence-electron chi connectivity index (χ0n) is 9.50. The highest BCUT2D eigenvalue weighted by molar-refractivity contribution is 6.03. The summed E-state index contributed by atoms with van der Waals surface area (Å²) in [5.74, 6) is -0.814. The summed E-state index contributed by atoms with van der Waals surface area (Å²) in [6.07, 6.45) is 3.97. The number of allylic oxidation sites excluding steroid dienone is 2. The van der Waals surface area contributed by atoms with Crippen LogP contribution in [0.4, 0.5) is 0 Å². The Labute approximate surface area is 94.3 Å². The zero-order valence-corrected chi connectivity index (χ0v) is 9.50.